The average Bonchev–Trinajstić information content (AvgIpc) is 3.26. The van der Waals surface area contributed by atoms with Crippen molar-refractivity contribution in [3.05, 3.63) is 76.5 Å². The summed E-state index contributed by atoms with van der Waals surface area (Å²) >= 11 is 1.47. The van der Waals surface area contributed by atoms with Crippen molar-refractivity contribution in [2.45, 2.75) is 11.8 Å². The zero-order chi connectivity index (χ0) is 21.6. The highest BCUT2D eigenvalue weighted by molar-refractivity contribution is 7.92. The van der Waals surface area contributed by atoms with Crippen LogP contribution in [0.5, 0.6) is 5.75 Å². The van der Waals surface area contributed by atoms with Crippen molar-refractivity contribution in [1.29, 1.82) is 0 Å². The molecule has 0 atom stereocenters. The fraction of sp³-hybridized carbons (Fsp3) is 0.143. The molecule has 0 radical (unpaired) electrons. The van der Waals surface area contributed by atoms with Gasteiger partial charge >= 0.3 is 0 Å². The van der Waals surface area contributed by atoms with Gasteiger partial charge in [0, 0.05) is 4.88 Å². The molecular formula is C21H21N3O4S2. The number of nitrogens with one attached hydrogen (secondary N) is 1. The standard InChI is InChI=1S/C21H21N3O4S2/c1-16-5-7-17(8-6-16)24(15-21(25)23-22-14-19-4-3-13-29-19)30(26,27)20-11-9-18(28-2)10-12-20/h3-14H,15H2,1-2H3,(H,23,25)/b22-14-. The molecule has 0 aliphatic carbocycles. The van der Waals surface area contributed by atoms with Crippen LogP contribution in [0.3, 0.4) is 0 Å². The van der Waals surface area contributed by atoms with Gasteiger partial charge in [-0.3, -0.25) is 9.10 Å². The minimum absolute atomic E-state index is 0.0544. The van der Waals surface area contributed by atoms with Crippen LogP contribution < -0.4 is 14.5 Å². The number of amides is 1. The van der Waals surface area contributed by atoms with Gasteiger partial charge < -0.3 is 4.74 Å². The van der Waals surface area contributed by atoms with Crippen LogP contribution >= 0.6 is 11.3 Å². The third-order valence-corrected chi connectivity index (χ3v) is 6.78. The molecular weight excluding hydrogens is 422 g/mol. The maximum atomic E-state index is 13.3. The van der Waals surface area contributed by atoms with E-state index >= 15 is 0 Å². The highest BCUT2D eigenvalue weighted by atomic mass is 32.2. The molecule has 0 saturated carbocycles. The lowest BCUT2D eigenvalue weighted by Crippen LogP contribution is -2.39. The fourth-order valence-corrected chi connectivity index (χ4v) is 4.61. The molecule has 9 heteroatoms. The van der Waals surface area contributed by atoms with E-state index in [1.807, 2.05) is 24.4 Å². The molecule has 3 rings (SSSR count). The molecule has 3 aromatic rings. The summed E-state index contributed by atoms with van der Waals surface area (Å²) in [6.07, 6.45) is 1.51. The van der Waals surface area contributed by atoms with E-state index in [4.69, 9.17) is 4.74 Å². The van der Waals surface area contributed by atoms with Crippen LogP contribution in [0.2, 0.25) is 0 Å². The molecule has 0 bridgehead atoms. The van der Waals surface area contributed by atoms with E-state index in [9.17, 15) is 13.2 Å². The molecule has 0 unspecified atom stereocenters. The number of hydrogen-bond donors (Lipinski definition) is 1. The quantitative estimate of drug-likeness (QED) is 0.427. The summed E-state index contributed by atoms with van der Waals surface area (Å²) in [6, 6.07) is 16.7. The first-order valence-corrected chi connectivity index (χ1v) is 11.3. The Bertz CT molecular complexity index is 1110. The Morgan fingerprint density at radius 1 is 1.13 bits per heavy atom. The van der Waals surface area contributed by atoms with Crippen molar-refractivity contribution in [3.8, 4) is 5.75 Å². The van der Waals surface area contributed by atoms with Gasteiger partial charge in [0.05, 0.1) is 23.9 Å². The van der Waals surface area contributed by atoms with Crippen LogP contribution in [0.1, 0.15) is 10.4 Å². The van der Waals surface area contributed by atoms with Gasteiger partial charge in [-0.15, -0.1) is 11.3 Å². The Kier molecular flexibility index (Phi) is 6.86. The van der Waals surface area contributed by atoms with E-state index < -0.39 is 22.5 Å². The van der Waals surface area contributed by atoms with Crippen molar-refractivity contribution in [1.82, 2.24) is 5.43 Å². The third-order valence-electron chi connectivity index (χ3n) is 4.18. The van der Waals surface area contributed by atoms with Gasteiger partial charge in [-0.2, -0.15) is 5.10 Å². The van der Waals surface area contributed by atoms with Crippen molar-refractivity contribution < 1.29 is 17.9 Å². The lowest BCUT2D eigenvalue weighted by molar-refractivity contribution is -0.119. The van der Waals surface area contributed by atoms with Crippen molar-refractivity contribution in [2.24, 2.45) is 5.10 Å². The Morgan fingerprint density at radius 3 is 2.43 bits per heavy atom. The summed E-state index contributed by atoms with van der Waals surface area (Å²) in [6.45, 7) is 1.48. The SMILES string of the molecule is COc1ccc(S(=O)(=O)N(CC(=O)N/N=C\c2cccs2)c2ccc(C)cc2)cc1. The number of ether oxygens (including phenoxy) is 1. The largest absolute Gasteiger partial charge is 0.497 e. The molecule has 0 aliphatic rings. The maximum Gasteiger partial charge on any atom is 0.264 e. The zero-order valence-corrected chi connectivity index (χ0v) is 18.1. The molecule has 7 nitrogen and oxygen atoms in total. The molecule has 0 aliphatic heterocycles. The third kappa shape index (κ3) is 5.25. The van der Waals surface area contributed by atoms with Crippen LogP contribution in [0.4, 0.5) is 5.69 Å². The van der Waals surface area contributed by atoms with Gasteiger partial charge in [-0.25, -0.2) is 13.8 Å². The van der Waals surface area contributed by atoms with E-state index in [0.29, 0.717) is 11.4 Å². The van der Waals surface area contributed by atoms with Gasteiger partial charge in [-0.1, -0.05) is 23.8 Å². The Hall–Kier alpha value is -3.17. The Labute approximate surface area is 179 Å². The number of methoxy groups -OCH3 is 1. The number of anilines is 1. The molecule has 1 heterocycles. The Morgan fingerprint density at radius 2 is 1.83 bits per heavy atom. The van der Waals surface area contributed by atoms with E-state index in [1.54, 1.807) is 36.4 Å². The summed E-state index contributed by atoms with van der Waals surface area (Å²) in [5.41, 5.74) is 3.75. The average molecular weight is 444 g/mol. The minimum atomic E-state index is -3.99. The second-order valence-electron chi connectivity index (χ2n) is 6.33. The summed E-state index contributed by atoms with van der Waals surface area (Å²) in [5.74, 6) is -0.0167. The number of thiophene rings is 1. The summed E-state index contributed by atoms with van der Waals surface area (Å²) in [4.78, 5) is 13.4. The Balaban J connectivity index is 1.86. The lowest BCUT2D eigenvalue weighted by Gasteiger charge is -2.24. The van der Waals surface area contributed by atoms with Crippen LogP contribution in [-0.4, -0.2) is 34.2 Å². The molecule has 2 aromatic carbocycles. The van der Waals surface area contributed by atoms with Gasteiger partial charge in [-0.05, 0) is 54.8 Å². The number of rotatable bonds is 8. The molecule has 0 fully saturated rings. The molecule has 0 spiro atoms. The van der Waals surface area contributed by atoms with E-state index in [-0.39, 0.29) is 4.90 Å². The van der Waals surface area contributed by atoms with Crippen molar-refractivity contribution >= 4 is 39.2 Å². The smallest absolute Gasteiger partial charge is 0.264 e. The van der Waals surface area contributed by atoms with Crippen LogP contribution in [-0.2, 0) is 14.8 Å². The number of carbonyl (C=O) groups excluding carboxylic acids is 1. The van der Waals surface area contributed by atoms with Crippen LogP contribution in [0.15, 0.2) is 76.0 Å². The fourth-order valence-electron chi connectivity index (χ4n) is 2.60. The molecule has 30 heavy (non-hydrogen) atoms. The molecule has 1 amide bonds. The zero-order valence-electron chi connectivity index (χ0n) is 16.5. The summed E-state index contributed by atoms with van der Waals surface area (Å²) < 4.78 is 32.7. The number of hydrogen-bond acceptors (Lipinski definition) is 6. The van der Waals surface area contributed by atoms with Gasteiger partial charge in [0.15, 0.2) is 0 Å². The van der Waals surface area contributed by atoms with Crippen molar-refractivity contribution in [3.63, 3.8) is 0 Å². The first-order valence-electron chi connectivity index (χ1n) is 8.99. The lowest BCUT2D eigenvalue weighted by atomic mass is 10.2. The monoisotopic (exact) mass is 443 g/mol. The number of sulfonamides is 1. The van der Waals surface area contributed by atoms with Crippen LogP contribution in [0, 0.1) is 6.92 Å². The maximum absolute atomic E-state index is 13.3. The van der Waals surface area contributed by atoms with Crippen molar-refractivity contribution in [2.75, 3.05) is 18.0 Å². The second-order valence-corrected chi connectivity index (χ2v) is 9.17. The van der Waals surface area contributed by atoms with Crippen LogP contribution in [0.25, 0.3) is 0 Å². The van der Waals surface area contributed by atoms with Gasteiger partial charge in [0.25, 0.3) is 15.9 Å². The number of nitrogens with zero attached hydrogens (tertiary/aromatic N) is 2. The topological polar surface area (TPSA) is 88.1 Å². The second kappa shape index (κ2) is 9.55. The van der Waals surface area contributed by atoms with E-state index in [0.717, 1.165) is 14.7 Å². The van der Waals surface area contributed by atoms with E-state index in [1.165, 1.54) is 36.8 Å². The summed E-state index contributed by atoms with van der Waals surface area (Å²) in [7, 11) is -2.48. The predicted octanol–water partition coefficient (Wildman–Crippen LogP) is 3.41. The molecule has 156 valence electrons. The number of hydrazone groups is 1. The predicted molar refractivity (Wildman–Crippen MR) is 119 cm³/mol. The van der Waals surface area contributed by atoms with E-state index in [2.05, 4.69) is 10.5 Å². The molecule has 1 aromatic heterocycles. The first kappa shape index (κ1) is 21.5. The first-order chi connectivity index (χ1) is 14.4. The van der Waals surface area contributed by atoms with Gasteiger partial charge in [0.1, 0.15) is 12.3 Å². The molecule has 0 saturated heterocycles. The normalized spacial score (nSPS) is 11.4. The number of aryl methyl sites for hydroxylation is 1. The summed E-state index contributed by atoms with van der Waals surface area (Å²) in [5, 5.41) is 5.79. The van der Waals surface area contributed by atoms with Gasteiger partial charge in [0.2, 0.25) is 0 Å². The minimum Gasteiger partial charge on any atom is -0.497 e. The number of benzene rings is 2. The highest BCUT2D eigenvalue weighted by Crippen LogP contribution is 2.25. The number of carbonyl (C=O) groups is 1. The molecule has 1 N–H and O–H groups in total. The highest BCUT2D eigenvalue weighted by Gasteiger charge is 2.27.